The van der Waals surface area contributed by atoms with Crippen LogP contribution in [0.2, 0.25) is 5.15 Å². The number of nitrogens with zero attached hydrogens (tertiary/aromatic N) is 4. The van der Waals surface area contributed by atoms with E-state index in [0.29, 0.717) is 11.5 Å². The molecule has 0 aliphatic rings. The van der Waals surface area contributed by atoms with Gasteiger partial charge in [0.1, 0.15) is 5.56 Å². The van der Waals surface area contributed by atoms with Crippen molar-refractivity contribution in [2.75, 3.05) is 6.61 Å². The van der Waals surface area contributed by atoms with E-state index in [1.807, 2.05) is 0 Å². The largest absolute Gasteiger partial charge is 0.462 e. The standard InChI is InChI=1S/C14H10ClFN4O3S/c1-3-23-14(22)8-5-20(12-6(2)18-24-19-12)13-7(10(8)21)4-9(16)11(15)17-13/h4-5H,3H2,1-2H3. The number of halogens is 2. The predicted molar refractivity (Wildman–Crippen MR) is 86.5 cm³/mol. The van der Waals surface area contributed by atoms with Gasteiger partial charge in [-0.2, -0.15) is 8.75 Å². The Kier molecular flexibility index (Phi) is 4.29. The summed E-state index contributed by atoms with van der Waals surface area (Å²) in [4.78, 5) is 28.5. The maximum absolute atomic E-state index is 13.8. The van der Waals surface area contributed by atoms with Crippen LogP contribution in [0.3, 0.4) is 0 Å². The minimum absolute atomic E-state index is 0.0789. The lowest BCUT2D eigenvalue weighted by Gasteiger charge is -2.11. The summed E-state index contributed by atoms with van der Waals surface area (Å²) in [6, 6.07) is 0.946. The summed E-state index contributed by atoms with van der Waals surface area (Å²) in [5.74, 6) is -1.30. The van der Waals surface area contributed by atoms with Crippen molar-refractivity contribution < 1.29 is 13.9 Å². The minimum Gasteiger partial charge on any atom is -0.462 e. The molecule has 0 saturated carbocycles. The summed E-state index contributed by atoms with van der Waals surface area (Å²) in [6.07, 6.45) is 1.26. The van der Waals surface area contributed by atoms with Gasteiger partial charge in [0, 0.05) is 6.20 Å². The van der Waals surface area contributed by atoms with E-state index in [0.717, 1.165) is 17.8 Å². The number of aromatic nitrogens is 4. The maximum atomic E-state index is 13.8. The van der Waals surface area contributed by atoms with Crippen LogP contribution in [0, 0.1) is 12.7 Å². The highest BCUT2D eigenvalue weighted by molar-refractivity contribution is 6.99. The van der Waals surface area contributed by atoms with Gasteiger partial charge in [0.05, 0.1) is 29.4 Å². The van der Waals surface area contributed by atoms with E-state index < -0.39 is 17.2 Å². The molecule has 0 spiro atoms. The van der Waals surface area contributed by atoms with Crippen molar-refractivity contribution in [1.82, 2.24) is 18.3 Å². The molecule has 24 heavy (non-hydrogen) atoms. The van der Waals surface area contributed by atoms with Gasteiger partial charge in [-0.1, -0.05) is 11.6 Å². The molecule has 0 aliphatic heterocycles. The maximum Gasteiger partial charge on any atom is 0.343 e. The van der Waals surface area contributed by atoms with E-state index in [1.54, 1.807) is 13.8 Å². The molecule has 0 amide bonds. The van der Waals surface area contributed by atoms with Gasteiger partial charge in [-0.25, -0.2) is 14.2 Å². The number of carbonyl (C=O) groups excluding carboxylic acids is 1. The molecule has 10 heteroatoms. The Morgan fingerprint density at radius 3 is 2.83 bits per heavy atom. The van der Waals surface area contributed by atoms with E-state index in [9.17, 15) is 14.0 Å². The van der Waals surface area contributed by atoms with Gasteiger partial charge in [-0.15, -0.1) is 0 Å². The Labute approximate surface area is 144 Å². The number of fused-ring (bicyclic) bond motifs is 1. The summed E-state index contributed by atoms with van der Waals surface area (Å²) in [5.41, 5.74) is -0.305. The Morgan fingerprint density at radius 2 is 2.21 bits per heavy atom. The molecule has 0 radical (unpaired) electrons. The molecule has 3 aromatic heterocycles. The van der Waals surface area contributed by atoms with Crippen LogP contribution in [0.15, 0.2) is 17.1 Å². The van der Waals surface area contributed by atoms with Gasteiger partial charge in [0.25, 0.3) is 0 Å². The van der Waals surface area contributed by atoms with Crippen LogP contribution < -0.4 is 5.43 Å². The van der Waals surface area contributed by atoms with E-state index in [-0.39, 0.29) is 28.4 Å². The fraction of sp³-hybridized carbons (Fsp3) is 0.214. The number of hydrogen-bond acceptors (Lipinski definition) is 7. The molecule has 0 fully saturated rings. The number of ether oxygens (including phenoxy) is 1. The third kappa shape index (κ3) is 2.65. The van der Waals surface area contributed by atoms with Crippen molar-refractivity contribution in [1.29, 1.82) is 0 Å². The summed E-state index contributed by atoms with van der Waals surface area (Å²) in [6.45, 7) is 3.42. The van der Waals surface area contributed by atoms with E-state index in [2.05, 4.69) is 13.7 Å². The summed E-state index contributed by atoms with van der Waals surface area (Å²) in [5, 5.41) is -0.491. The molecule has 0 aliphatic carbocycles. The SMILES string of the molecule is CCOC(=O)c1cn(-c2nsnc2C)c2nc(Cl)c(F)cc2c1=O. The Morgan fingerprint density at radius 1 is 1.46 bits per heavy atom. The quantitative estimate of drug-likeness (QED) is 0.521. The lowest BCUT2D eigenvalue weighted by atomic mass is 10.2. The molecule has 0 aromatic carbocycles. The molecule has 3 rings (SSSR count). The number of aryl methyl sites for hydroxylation is 1. The monoisotopic (exact) mass is 368 g/mol. The molecular formula is C14H10ClFN4O3S. The summed E-state index contributed by atoms with van der Waals surface area (Å²) >= 11 is 6.69. The predicted octanol–water partition coefficient (Wildman–Crippen LogP) is 2.51. The van der Waals surface area contributed by atoms with Gasteiger partial charge < -0.3 is 4.74 Å². The first kappa shape index (κ1) is 16.5. The molecule has 0 atom stereocenters. The zero-order valence-electron chi connectivity index (χ0n) is 12.5. The average Bonchev–Trinajstić information content (AvgIpc) is 2.96. The third-order valence-electron chi connectivity index (χ3n) is 3.24. The highest BCUT2D eigenvalue weighted by Crippen LogP contribution is 2.22. The molecular weight excluding hydrogens is 359 g/mol. The first-order valence-corrected chi connectivity index (χ1v) is 7.93. The van der Waals surface area contributed by atoms with Gasteiger partial charge in [-0.05, 0) is 19.9 Å². The summed E-state index contributed by atoms with van der Waals surface area (Å²) < 4.78 is 28.2. The lowest BCUT2D eigenvalue weighted by Crippen LogP contribution is -2.21. The molecule has 3 aromatic rings. The van der Waals surface area contributed by atoms with Crippen LogP contribution >= 0.6 is 23.3 Å². The number of carbonyl (C=O) groups is 1. The number of pyridine rings is 2. The lowest BCUT2D eigenvalue weighted by molar-refractivity contribution is 0.0524. The van der Waals surface area contributed by atoms with Crippen molar-refractivity contribution in [3.05, 3.63) is 44.7 Å². The Bertz CT molecular complexity index is 1020. The van der Waals surface area contributed by atoms with Gasteiger partial charge >= 0.3 is 5.97 Å². The normalized spacial score (nSPS) is 11.0. The molecule has 0 unspecified atom stereocenters. The van der Waals surface area contributed by atoms with Crippen LogP contribution in [0.25, 0.3) is 16.9 Å². The van der Waals surface area contributed by atoms with E-state index in [4.69, 9.17) is 16.3 Å². The zero-order valence-corrected chi connectivity index (χ0v) is 14.1. The molecule has 124 valence electrons. The first-order chi connectivity index (χ1) is 11.4. The second-order valence-electron chi connectivity index (χ2n) is 4.77. The smallest absolute Gasteiger partial charge is 0.343 e. The van der Waals surface area contributed by atoms with Crippen LogP contribution in [-0.2, 0) is 4.74 Å². The first-order valence-electron chi connectivity index (χ1n) is 6.82. The average molecular weight is 369 g/mol. The number of rotatable bonds is 3. The fourth-order valence-electron chi connectivity index (χ4n) is 2.16. The topological polar surface area (TPSA) is 87.0 Å². The fourth-order valence-corrected chi connectivity index (χ4v) is 2.84. The molecule has 0 saturated heterocycles. The van der Waals surface area contributed by atoms with Crippen LogP contribution in [-0.4, -0.2) is 30.9 Å². The molecule has 0 N–H and O–H groups in total. The van der Waals surface area contributed by atoms with Crippen LogP contribution in [0.1, 0.15) is 23.0 Å². The molecule has 3 heterocycles. The highest BCUT2D eigenvalue weighted by atomic mass is 35.5. The molecule has 7 nitrogen and oxygen atoms in total. The number of esters is 1. The minimum atomic E-state index is -0.859. The van der Waals surface area contributed by atoms with Crippen molar-refractivity contribution in [3.63, 3.8) is 0 Å². The van der Waals surface area contributed by atoms with Gasteiger partial charge in [-0.3, -0.25) is 9.36 Å². The second kappa shape index (κ2) is 6.25. The van der Waals surface area contributed by atoms with Gasteiger partial charge in [0.2, 0.25) is 5.43 Å². The van der Waals surface area contributed by atoms with Gasteiger partial charge in [0.15, 0.2) is 22.4 Å². The highest BCUT2D eigenvalue weighted by Gasteiger charge is 2.21. The number of hydrogen-bond donors (Lipinski definition) is 0. The van der Waals surface area contributed by atoms with Crippen molar-refractivity contribution in [2.45, 2.75) is 13.8 Å². The Balaban J connectivity index is 2.43. The van der Waals surface area contributed by atoms with Crippen molar-refractivity contribution in [2.24, 2.45) is 0 Å². The summed E-state index contributed by atoms with van der Waals surface area (Å²) in [7, 11) is 0. The van der Waals surface area contributed by atoms with Crippen molar-refractivity contribution >= 4 is 40.3 Å². The van der Waals surface area contributed by atoms with E-state index in [1.165, 1.54) is 10.8 Å². The molecule has 0 bridgehead atoms. The van der Waals surface area contributed by atoms with Crippen LogP contribution in [0.4, 0.5) is 4.39 Å². The Hall–Kier alpha value is -2.39. The van der Waals surface area contributed by atoms with E-state index >= 15 is 0 Å². The second-order valence-corrected chi connectivity index (χ2v) is 5.65. The zero-order chi connectivity index (χ0) is 17.4. The van der Waals surface area contributed by atoms with Crippen molar-refractivity contribution in [3.8, 4) is 5.82 Å². The third-order valence-corrected chi connectivity index (χ3v) is 4.12. The van der Waals surface area contributed by atoms with Crippen LogP contribution in [0.5, 0.6) is 0 Å².